The molecule has 0 radical (unpaired) electrons. The third kappa shape index (κ3) is 2.53. The van der Waals surface area contributed by atoms with Gasteiger partial charge in [0.2, 0.25) is 0 Å². The van der Waals surface area contributed by atoms with Crippen molar-refractivity contribution in [3.8, 4) is 6.07 Å². The summed E-state index contributed by atoms with van der Waals surface area (Å²) in [7, 11) is -3.69. The second-order valence-corrected chi connectivity index (χ2v) is 8.36. The Kier molecular flexibility index (Phi) is 3.72. The average Bonchev–Trinajstić information content (AvgIpc) is 3.16. The molecule has 4 nitrogen and oxygen atoms in total. The van der Waals surface area contributed by atoms with Gasteiger partial charge in [0.1, 0.15) is 10.8 Å². The maximum atomic E-state index is 12.9. The van der Waals surface area contributed by atoms with Crippen LogP contribution >= 0.6 is 11.6 Å². The molecule has 1 saturated carbocycles. The van der Waals surface area contributed by atoms with Gasteiger partial charge in [-0.3, -0.25) is 0 Å². The van der Waals surface area contributed by atoms with E-state index in [1.54, 1.807) is 48.5 Å². The van der Waals surface area contributed by atoms with Gasteiger partial charge < -0.3 is 5.73 Å². The summed E-state index contributed by atoms with van der Waals surface area (Å²) in [5.41, 5.74) is 6.34. The van der Waals surface area contributed by atoms with E-state index in [9.17, 15) is 13.7 Å². The number of benzene rings is 2. The van der Waals surface area contributed by atoms with Gasteiger partial charge >= 0.3 is 0 Å². The number of nitrogens with zero attached hydrogens (tertiary/aromatic N) is 1. The highest BCUT2D eigenvalue weighted by atomic mass is 35.5. The smallest absolute Gasteiger partial charge is 0.184 e. The van der Waals surface area contributed by atoms with E-state index < -0.39 is 26.5 Å². The van der Waals surface area contributed by atoms with Crippen LogP contribution in [0.1, 0.15) is 17.0 Å². The highest BCUT2D eigenvalue weighted by molar-refractivity contribution is 7.92. The molecule has 0 saturated heterocycles. The Bertz CT molecular complexity index is 886. The molecule has 2 aromatic rings. The molecule has 0 unspecified atom stereocenters. The fourth-order valence-corrected chi connectivity index (χ4v) is 5.25. The minimum atomic E-state index is -3.69. The van der Waals surface area contributed by atoms with Crippen molar-refractivity contribution in [3.63, 3.8) is 0 Å². The van der Waals surface area contributed by atoms with Crippen molar-refractivity contribution in [1.29, 1.82) is 5.26 Å². The lowest BCUT2D eigenvalue weighted by molar-refractivity contribution is 0.592. The molecule has 6 heteroatoms. The minimum Gasteiger partial charge on any atom is -0.312 e. The van der Waals surface area contributed by atoms with Crippen molar-refractivity contribution in [3.05, 3.63) is 64.7 Å². The van der Waals surface area contributed by atoms with Crippen LogP contribution in [0.5, 0.6) is 0 Å². The second-order valence-electron chi connectivity index (χ2n) is 5.85. The van der Waals surface area contributed by atoms with E-state index in [1.165, 1.54) is 0 Å². The number of sulfone groups is 1. The summed E-state index contributed by atoms with van der Waals surface area (Å²) in [6.45, 7) is 1.88. The third-order valence-corrected chi connectivity index (χ3v) is 6.80. The lowest BCUT2D eigenvalue weighted by atomic mass is 10.1. The van der Waals surface area contributed by atoms with E-state index in [4.69, 9.17) is 17.3 Å². The molecule has 0 aliphatic heterocycles. The van der Waals surface area contributed by atoms with Crippen LogP contribution in [0.4, 0.5) is 0 Å². The molecule has 0 aromatic heterocycles. The van der Waals surface area contributed by atoms with Crippen molar-refractivity contribution in [2.24, 2.45) is 5.73 Å². The van der Waals surface area contributed by atoms with Crippen LogP contribution in [0.25, 0.3) is 0 Å². The molecule has 3 rings (SSSR count). The molecule has 2 N–H and O–H groups in total. The highest BCUT2D eigenvalue weighted by Gasteiger charge is 2.70. The van der Waals surface area contributed by atoms with E-state index in [2.05, 4.69) is 0 Å². The molecule has 23 heavy (non-hydrogen) atoms. The SMILES string of the molecule is Cc1ccc(S(=O)(=O)[C@H]2[C@H](c3ccc(Cl)cc3)[C@@]2(N)C#N)cc1. The Balaban J connectivity index is 2.03. The largest absolute Gasteiger partial charge is 0.312 e. The molecule has 0 amide bonds. The van der Waals surface area contributed by atoms with Crippen molar-refractivity contribution in [2.45, 2.75) is 28.5 Å². The molecular formula is C17H15ClN2O2S. The normalized spacial score (nSPS) is 26.5. The van der Waals surface area contributed by atoms with Crippen LogP contribution < -0.4 is 5.73 Å². The lowest BCUT2D eigenvalue weighted by Gasteiger charge is -2.05. The zero-order valence-corrected chi connectivity index (χ0v) is 14.0. The molecule has 2 aromatic carbocycles. The zero-order valence-electron chi connectivity index (χ0n) is 12.4. The fraction of sp³-hybridized carbons (Fsp3) is 0.235. The maximum Gasteiger partial charge on any atom is 0.184 e. The average molecular weight is 347 g/mol. The first-order valence-electron chi connectivity index (χ1n) is 7.07. The number of halogens is 1. The molecule has 0 spiro atoms. The Morgan fingerprint density at radius 1 is 1.13 bits per heavy atom. The van der Waals surface area contributed by atoms with Gasteiger partial charge in [0.25, 0.3) is 0 Å². The summed E-state index contributed by atoms with van der Waals surface area (Å²) in [5, 5.41) is 9.00. The number of rotatable bonds is 3. The maximum absolute atomic E-state index is 12.9. The molecule has 1 aliphatic rings. The molecule has 3 atom stereocenters. The molecule has 1 aliphatic carbocycles. The van der Waals surface area contributed by atoms with Crippen molar-refractivity contribution < 1.29 is 8.42 Å². The number of nitrogens with two attached hydrogens (primary N) is 1. The fourth-order valence-electron chi connectivity index (χ4n) is 2.94. The van der Waals surface area contributed by atoms with Gasteiger partial charge in [-0.2, -0.15) is 5.26 Å². The summed E-state index contributed by atoms with van der Waals surface area (Å²) in [6, 6.07) is 15.3. The summed E-state index contributed by atoms with van der Waals surface area (Å²) in [5.74, 6) is -0.559. The van der Waals surface area contributed by atoms with E-state index in [0.29, 0.717) is 10.6 Å². The van der Waals surface area contributed by atoms with Gasteiger partial charge in [0.05, 0.1) is 11.0 Å². The van der Waals surface area contributed by atoms with E-state index >= 15 is 0 Å². The highest BCUT2D eigenvalue weighted by Crippen LogP contribution is 2.55. The van der Waals surface area contributed by atoms with Crippen molar-refractivity contribution >= 4 is 21.4 Å². The molecular weight excluding hydrogens is 332 g/mol. The summed E-state index contributed by atoms with van der Waals surface area (Å²) in [4.78, 5) is 0.189. The van der Waals surface area contributed by atoms with Crippen molar-refractivity contribution in [1.82, 2.24) is 0 Å². The predicted molar refractivity (Wildman–Crippen MR) is 88.9 cm³/mol. The van der Waals surface area contributed by atoms with E-state index in [1.807, 2.05) is 13.0 Å². The van der Waals surface area contributed by atoms with Crippen LogP contribution in [0.3, 0.4) is 0 Å². The van der Waals surface area contributed by atoms with E-state index in [-0.39, 0.29) is 4.90 Å². The summed E-state index contributed by atoms with van der Waals surface area (Å²) < 4.78 is 25.7. The first kappa shape index (κ1) is 16.0. The van der Waals surface area contributed by atoms with Crippen molar-refractivity contribution in [2.75, 3.05) is 0 Å². The van der Waals surface area contributed by atoms with Crippen LogP contribution in [0, 0.1) is 18.3 Å². The Morgan fingerprint density at radius 2 is 1.70 bits per heavy atom. The number of hydrogen-bond acceptors (Lipinski definition) is 4. The Morgan fingerprint density at radius 3 is 2.22 bits per heavy atom. The van der Waals surface area contributed by atoms with Gasteiger partial charge in [0, 0.05) is 10.9 Å². The number of hydrogen-bond donors (Lipinski definition) is 1. The van der Waals surface area contributed by atoms with Gasteiger partial charge in [0.15, 0.2) is 9.84 Å². The topological polar surface area (TPSA) is 83.9 Å². The third-order valence-electron chi connectivity index (χ3n) is 4.29. The summed E-state index contributed by atoms with van der Waals surface area (Å²) >= 11 is 5.86. The zero-order chi connectivity index (χ0) is 16.8. The van der Waals surface area contributed by atoms with Crippen LogP contribution in [-0.2, 0) is 9.84 Å². The predicted octanol–water partition coefficient (Wildman–Crippen LogP) is 2.81. The van der Waals surface area contributed by atoms with Crippen LogP contribution in [0.15, 0.2) is 53.4 Å². The van der Waals surface area contributed by atoms with Crippen LogP contribution in [-0.4, -0.2) is 19.2 Å². The Labute approximate surface area is 140 Å². The number of aryl methyl sites for hydroxylation is 1. The Hall–Kier alpha value is -1.87. The first-order valence-corrected chi connectivity index (χ1v) is 8.99. The molecule has 118 valence electrons. The standard InChI is InChI=1S/C17H15ClN2O2S/c1-11-2-8-14(9-3-11)23(21,22)16-15(17(16,20)10-19)12-4-6-13(18)7-5-12/h2-9,15-16H,20H2,1H3/t15-,16-,17-/m0/s1. The summed E-state index contributed by atoms with van der Waals surface area (Å²) in [6.07, 6.45) is 0. The molecule has 1 fully saturated rings. The van der Waals surface area contributed by atoms with Gasteiger partial charge in [-0.25, -0.2) is 8.42 Å². The second kappa shape index (κ2) is 5.34. The monoisotopic (exact) mass is 346 g/mol. The lowest BCUT2D eigenvalue weighted by Crippen LogP contribution is -2.29. The number of nitriles is 1. The van der Waals surface area contributed by atoms with Gasteiger partial charge in [-0.05, 0) is 36.8 Å². The van der Waals surface area contributed by atoms with Gasteiger partial charge in [-0.1, -0.05) is 41.4 Å². The van der Waals surface area contributed by atoms with E-state index in [0.717, 1.165) is 5.56 Å². The molecule has 0 heterocycles. The quantitative estimate of drug-likeness (QED) is 0.926. The first-order chi connectivity index (χ1) is 10.8. The molecule has 0 bridgehead atoms. The van der Waals surface area contributed by atoms with Crippen LogP contribution in [0.2, 0.25) is 5.02 Å². The minimum absolute atomic E-state index is 0.189. The van der Waals surface area contributed by atoms with Gasteiger partial charge in [-0.15, -0.1) is 0 Å².